The molecule has 3 aromatic rings. The molecule has 0 atom stereocenters. The van der Waals surface area contributed by atoms with Crippen molar-refractivity contribution in [3.63, 3.8) is 0 Å². The fourth-order valence-corrected chi connectivity index (χ4v) is 3.18. The third-order valence-electron chi connectivity index (χ3n) is 4.61. The number of amides is 2. The summed E-state index contributed by atoms with van der Waals surface area (Å²) in [6, 6.07) is 3.82. The van der Waals surface area contributed by atoms with Gasteiger partial charge < -0.3 is 10.2 Å². The Kier molecular flexibility index (Phi) is 4.69. The van der Waals surface area contributed by atoms with E-state index in [0.717, 1.165) is 12.1 Å². The molecule has 2 aromatic carbocycles. The highest BCUT2D eigenvalue weighted by atomic mass is 19.2. The first kappa shape index (κ1) is 18.9. The molecule has 1 aromatic heterocycles. The molecule has 4 rings (SSSR count). The fraction of sp³-hybridized carbons (Fsp3) is 0.158. The van der Waals surface area contributed by atoms with Crippen LogP contribution in [0, 0.1) is 29.1 Å². The van der Waals surface area contributed by atoms with Gasteiger partial charge in [0, 0.05) is 41.6 Å². The number of carbonyl (C=O) groups is 1. The van der Waals surface area contributed by atoms with Crippen molar-refractivity contribution in [3.05, 3.63) is 71.3 Å². The van der Waals surface area contributed by atoms with Crippen molar-refractivity contribution in [2.75, 3.05) is 11.9 Å². The van der Waals surface area contributed by atoms with Crippen molar-refractivity contribution in [2.45, 2.75) is 13.1 Å². The van der Waals surface area contributed by atoms with Crippen LogP contribution in [0.5, 0.6) is 0 Å². The Morgan fingerprint density at radius 3 is 2.34 bits per heavy atom. The van der Waals surface area contributed by atoms with E-state index in [1.54, 1.807) is 4.68 Å². The van der Waals surface area contributed by atoms with E-state index in [4.69, 9.17) is 0 Å². The molecule has 2 heterocycles. The summed E-state index contributed by atoms with van der Waals surface area (Å²) in [6.07, 6.45) is 1.43. The lowest BCUT2D eigenvalue weighted by atomic mass is 10.0. The molecule has 0 saturated heterocycles. The van der Waals surface area contributed by atoms with Crippen molar-refractivity contribution < 1.29 is 26.7 Å². The van der Waals surface area contributed by atoms with Gasteiger partial charge in [-0.2, -0.15) is 5.10 Å². The molecule has 1 aliphatic heterocycles. The van der Waals surface area contributed by atoms with Crippen molar-refractivity contribution >= 4 is 11.7 Å². The number of anilines is 1. The topological polar surface area (TPSA) is 50.2 Å². The smallest absolute Gasteiger partial charge is 0.317 e. The van der Waals surface area contributed by atoms with Crippen molar-refractivity contribution in [2.24, 2.45) is 0 Å². The number of halogens is 5. The zero-order valence-electron chi connectivity index (χ0n) is 14.7. The molecule has 0 fully saturated rings. The molecule has 2 amide bonds. The highest BCUT2D eigenvalue weighted by Crippen LogP contribution is 2.29. The minimum atomic E-state index is -1.63. The van der Waals surface area contributed by atoms with Crippen molar-refractivity contribution in [3.8, 4) is 11.1 Å². The van der Waals surface area contributed by atoms with E-state index >= 15 is 0 Å². The van der Waals surface area contributed by atoms with Gasteiger partial charge in [-0.3, -0.25) is 4.68 Å². The normalized spacial score (nSPS) is 13.3. The van der Waals surface area contributed by atoms with Crippen LogP contribution in [0.1, 0.15) is 5.69 Å². The summed E-state index contributed by atoms with van der Waals surface area (Å²) in [6.45, 7) is 0.569. The number of nitrogens with zero attached hydrogens (tertiary/aromatic N) is 3. The molecule has 1 N–H and O–H groups in total. The molecule has 5 nitrogen and oxygen atoms in total. The van der Waals surface area contributed by atoms with Gasteiger partial charge in [0.25, 0.3) is 0 Å². The molecule has 150 valence electrons. The quantitative estimate of drug-likeness (QED) is 0.508. The first-order valence-corrected chi connectivity index (χ1v) is 8.54. The Balaban J connectivity index is 1.57. The molecule has 10 heteroatoms. The number of fused-ring (bicyclic) bond motifs is 1. The minimum Gasteiger partial charge on any atom is -0.317 e. The highest BCUT2D eigenvalue weighted by molar-refractivity contribution is 5.89. The second-order valence-corrected chi connectivity index (χ2v) is 6.46. The first-order chi connectivity index (χ1) is 13.8. The van der Waals surface area contributed by atoms with Crippen LogP contribution >= 0.6 is 0 Å². The number of carbonyl (C=O) groups excluding carboxylic acids is 1. The maximum Gasteiger partial charge on any atom is 0.322 e. The summed E-state index contributed by atoms with van der Waals surface area (Å²) in [4.78, 5) is 13.8. The summed E-state index contributed by atoms with van der Waals surface area (Å²) >= 11 is 0. The lowest BCUT2D eigenvalue weighted by Crippen LogP contribution is -2.41. The van der Waals surface area contributed by atoms with Gasteiger partial charge in [-0.15, -0.1) is 0 Å². The van der Waals surface area contributed by atoms with Gasteiger partial charge in [-0.1, -0.05) is 0 Å². The summed E-state index contributed by atoms with van der Waals surface area (Å²) in [5.41, 5.74) is 0.820. The molecule has 29 heavy (non-hydrogen) atoms. The number of benzene rings is 2. The summed E-state index contributed by atoms with van der Waals surface area (Å²) < 4.78 is 68.7. The zero-order valence-corrected chi connectivity index (χ0v) is 14.7. The molecular weight excluding hydrogens is 395 g/mol. The predicted octanol–water partition coefficient (Wildman–Crippen LogP) is 4.29. The predicted molar refractivity (Wildman–Crippen MR) is 93.3 cm³/mol. The molecule has 0 spiro atoms. The number of urea groups is 1. The maximum atomic E-state index is 14.2. The van der Waals surface area contributed by atoms with Crippen molar-refractivity contribution in [1.29, 1.82) is 0 Å². The van der Waals surface area contributed by atoms with Crippen LogP contribution in [-0.4, -0.2) is 27.3 Å². The maximum absolute atomic E-state index is 14.2. The Bertz CT molecular complexity index is 1090. The number of rotatable bonds is 2. The SMILES string of the molecule is O=C(Nc1cc(F)c(F)c(F)c1)N1CCn2ncc(-c3ccc(F)cc3F)c2C1. The molecule has 1 aliphatic rings. The Labute approximate surface area is 161 Å². The van der Waals surface area contributed by atoms with Crippen LogP contribution < -0.4 is 5.32 Å². The van der Waals surface area contributed by atoms with Crippen LogP contribution in [0.25, 0.3) is 11.1 Å². The van der Waals surface area contributed by atoms with Gasteiger partial charge >= 0.3 is 6.03 Å². The molecular formula is C19H13F5N4O. The number of nitrogens with one attached hydrogen (secondary N) is 1. The van der Waals surface area contributed by atoms with E-state index in [-0.39, 0.29) is 24.3 Å². The molecule has 0 saturated carbocycles. The van der Waals surface area contributed by atoms with E-state index < -0.39 is 35.1 Å². The van der Waals surface area contributed by atoms with Crippen LogP contribution in [0.15, 0.2) is 36.5 Å². The average molecular weight is 408 g/mol. The van der Waals surface area contributed by atoms with Crippen LogP contribution in [0.4, 0.5) is 32.4 Å². The van der Waals surface area contributed by atoms with Gasteiger partial charge in [0.1, 0.15) is 11.6 Å². The molecule has 0 radical (unpaired) electrons. The van der Waals surface area contributed by atoms with Gasteiger partial charge in [-0.05, 0) is 12.1 Å². The van der Waals surface area contributed by atoms with E-state index in [1.165, 1.54) is 17.2 Å². The summed E-state index contributed by atoms with van der Waals surface area (Å²) in [5, 5.41) is 6.47. The van der Waals surface area contributed by atoms with E-state index in [2.05, 4.69) is 10.4 Å². The van der Waals surface area contributed by atoms with Crippen LogP contribution in [0.3, 0.4) is 0 Å². The molecule has 0 unspecified atom stereocenters. The van der Waals surface area contributed by atoms with E-state index in [0.29, 0.717) is 29.9 Å². The average Bonchev–Trinajstić information content (AvgIpc) is 3.09. The third-order valence-corrected chi connectivity index (χ3v) is 4.61. The lowest BCUT2D eigenvalue weighted by molar-refractivity contribution is 0.194. The molecule has 0 aliphatic carbocycles. The number of aromatic nitrogens is 2. The number of hydrogen-bond acceptors (Lipinski definition) is 2. The summed E-state index contributed by atoms with van der Waals surface area (Å²) in [7, 11) is 0. The Morgan fingerprint density at radius 2 is 1.66 bits per heavy atom. The minimum absolute atomic E-state index is 0.0319. The largest absolute Gasteiger partial charge is 0.322 e. The van der Waals surface area contributed by atoms with Gasteiger partial charge in [0.15, 0.2) is 17.5 Å². The standard InChI is InChI=1S/C19H13F5N4O/c20-10-1-2-12(14(21)5-10)13-8-25-28-4-3-27(9-17(13)28)19(29)26-11-6-15(22)18(24)16(23)7-11/h1-2,5-8H,3-4,9H2,(H,26,29). The Hall–Kier alpha value is -3.43. The van der Waals surface area contributed by atoms with Crippen LogP contribution in [-0.2, 0) is 13.1 Å². The second kappa shape index (κ2) is 7.19. The van der Waals surface area contributed by atoms with Gasteiger partial charge in [-0.25, -0.2) is 26.7 Å². The van der Waals surface area contributed by atoms with Crippen molar-refractivity contribution in [1.82, 2.24) is 14.7 Å². The monoisotopic (exact) mass is 408 g/mol. The second-order valence-electron chi connectivity index (χ2n) is 6.46. The van der Waals surface area contributed by atoms with E-state index in [1.807, 2.05) is 0 Å². The fourth-order valence-electron chi connectivity index (χ4n) is 3.18. The molecule has 0 bridgehead atoms. The van der Waals surface area contributed by atoms with Gasteiger partial charge in [0.05, 0.1) is 25.0 Å². The summed E-state index contributed by atoms with van der Waals surface area (Å²) in [5.74, 6) is -5.96. The third kappa shape index (κ3) is 3.53. The highest BCUT2D eigenvalue weighted by Gasteiger charge is 2.26. The van der Waals surface area contributed by atoms with E-state index in [9.17, 15) is 26.7 Å². The lowest BCUT2D eigenvalue weighted by Gasteiger charge is -2.28. The van der Waals surface area contributed by atoms with Crippen LogP contribution in [0.2, 0.25) is 0 Å². The zero-order chi connectivity index (χ0) is 20.7. The first-order valence-electron chi connectivity index (χ1n) is 8.54. The Morgan fingerprint density at radius 1 is 0.931 bits per heavy atom. The number of hydrogen-bond donors (Lipinski definition) is 1. The van der Waals surface area contributed by atoms with Gasteiger partial charge in [0.2, 0.25) is 0 Å².